The number of methoxy groups -OCH3 is 1. The fourth-order valence-electron chi connectivity index (χ4n) is 3.19. The molecular formula is C21H24ClN3O6S. The van der Waals surface area contributed by atoms with E-state index in [0.717, 1.165) is 0 Å². The Balaban J connectivity index is 1.86. The van der Waals surface area contributed by atoms with Crippen molar-refractivity contribution >= 4 is 44.3 Å². The van der Waals surface area contributed by atoms with Gasteiger partial charge in [0.1, 0.15) is 11.8 Å². The minimum absolute atomic E-state index is 0.0301. The van der Waals surface area contributed by atoms with Crippen molar-refractivity contribution in [2.45, 2.75) is 31.2 Å². The molecular weight excluding hydrogens is 458 g/mol. The molecule has 0 bridgehead atoms. The van der Waals surface area contributed by atoms with Gasteiger partial charge >= 0.3 is 5.76 Å². The highest BCUT2D eigenvalue weighted by molar-refractivity contribution is 7.89. The summed E-state index contributed by atoms with van der Waals surface area (Å²) in [4.78, 5) is 24.5. The van der Waals surface area contributed by atoms with Crippen LogP contribution in [-0.2, 0) is 21.9 Å². The molecule has 0 fully saturated rings. The molecule has 2 aromatic carbocycles. The third kappa shape index (κ3) is 5.14. The number of amides is 1. The van der Waals surface area contributed by atoms with Gasteiger partial charge in [0.15, 0.2) is 5.58 Å². The van der Waals surface area contributed by atoms with E-state index < -0.39 is 27.7 Å². The fraction of sp³-hybridized carbons (Fsp3) is 0.333. The third-order valence-electron chi connectivity index (χ3n) is 4.81. The molecule has 11 heteroatoms. The van der Waals surface area contributed by atoms with Gasteiger partial charge in [-0.3, -0.25) is 9.36 Å². The number of hydrogen-bond acceptors (Lipinski definition) is 6. The Labute approximate surface area is 190 Å². The van der Waals surface area contributed by atoms with Gasteiger partial charge in [-0.2, -0.15) is 4.72 Å². The lowest BCUT2D eigenvalue weighted by Gasteiger charge is -2.20. The molecule has 9 nitrogen and oxygen atoms in total. The molecule has 32 heavy (non-hydrogen) atoms. The molecule has 172 valence electrons. The average molecular weight is 482 g/mol. The van der Waals surface area contributed by atoms with Gasteiger partial charge in [0.2, 0.25) is 15.9 Å². The van der Waals surface area contributed by atoms with Crippen LogP contribution >= 0.6 is 11.6 Å². The smallest absolute Gasteiger partial charge is 0.419 e. The molecule has 0 saturated heterocycles. The number of aromatic nitrogens is 1. The number of benzene rings is 2. The number of aryl methyl sites for hydroxylation is 1. The number of anilines is 1. The van der Waals surface area contributed by atoms with Crippen LogP contribution in [-0.4, -0.2) is 32.0 Å². The van der Waals surface area contributed by atoms with E-state index in [-0.39, 0.29) is 22.8 Å². The minimum atomic E-state index is -4.08. The molecule has 1 aromatic heterocycles. The maximum atomic E-state index is 13.0. The van der Waals surface area contributed by atoms with Gasteiger partial charge in [-0.1, -0.05) is 25.4 Å². The summed E-state index contributed by atoms with van der Waals surface area (Å²) in [5.41, 5.74) is 1.00. The number of oxazole rings is 1. The van der Waals surface area contributed by atoms with Crippen molar-refractivity contribution in [1.82, 2.24) is 9.29 Å². The first-order chi connectivity index (χ1) is 15.0. The van der Waals surface area contributed by atoms with Gasteiger partial charge < -0.3 is 14.5 Å². The molecule has 1 amide bonds. The Bertz CT molecular complexity index is 1310. The number of sulfonamides is 1. The normalized spacial score (nSPS) is 12.8. The summed E-state index contributed by atoms with van der Waals surface area (Å²) in [5, 5.41) is 2.99. The summed E-state index contributed by atoms with van der Waals surface area (Å²) in [6.45, 7) is 3.76. The fourth-order valence-corrected chi connectivity index (χ4v) is 4.67. The summed E-state index contributed by atoms with van der Waals surface area (Å²) in [7, 11) is -1.08. The lowest BCUT2D eigenvalue weighted by molar-refractivity contribution is -0.118. The zero-order valence-corrected chi connectivity index (χ0v) is 19.6. The second-order valence-corrected chi connectivity index (χ2v) is 9.82. The maximum absolute atomic E-state index is 13.0. The van der Waals surface area contributed by atoms with Crippen molar-refractivity contribution in [2.24, 2.45) is 13.0 Å². The summed E-state index contributed by atoms with van der Waals surface area (Å²) >= 11 is 6.10. The van der Waals surface area contributed by atoms with E-state index in [2.05, 4.69) is 10.0 Å². The lowest BCUT2D eigenvalue weighted by atomic mass is 10.0. The SMILES string of the molecule is COc1ccc(NC(=O)[C@@H](CC(C)C)NS(=O)(=O)c2ccc3c(c2)oc(=O)n3C)cc1Cl. The molecule has 0 unspecified atom stereocenters. The van der Waals surface area contributed by atoms with Crippen molar-refractivity contribution in [2.75, 3.05) is 12.4 Å². The summed E-state index contributed by atoms with van der Waals surface area (Å²) < 4.78 is 39.9. The van der Waals surface area contributed by atoms with E-state index in [1.54, 1.807) is 12.1 Å². The number of ether oxygens (including phenoxy) is 1. The van der Waals surface area contributed by atoms with E-state index in [4.69, 9.17) is 20.8 Å². The minimum Gasteiger partial charge on any atom is -0.495 e. The van der Waals surface area contributed by atoms with Gasteiger partial charge in [0.05, 0.1) is 22.5 Å². The standard InChI is InChI=1S/C21H24ClN3O6S/c1-12(2)9-16(20(26)23-13-5-8-18(30-4)15(22)10-13)24-32(28,29)14-6-7-17-19(11-14)31-21(27)25(17)3/h5-8,10-12,16,24H,9H2,1-4H3,(H,23,26)/t16-/m1/s1. The lowest BCUT2D eigenvalue weighted by Crippen LogP contribution is -2.44. The number of halogens is 1. The van der Waals surface area contributed by atoms with Crippen molar-refractivity contribution in [1.29, 1.82) is 0 Å². The Morgan fingerprint density at radius 1 is 1.22 bits per heavy atom. The van der Waals surface area contributed by atoms with E-state index in [0.29, 0.717) is 22.0 Å². The van der Waals surface area contributed by atoms with E-state index in [9.17, 15) is 18.0 Å². The quantitative estimate of drug-likeness (QED) is 0.510. The predicted molar refractivity (Wildman–Crippen MR) is 122 cm³/mol. The highest BCUT2D eigenvalue weighted by Gasteiger charge is 2.27. The molecule has 3 aromatic rings. The van der Waals surface area contributed by atoms with E-state index >= 15 is 0 Å². The first-order valence-corrected chi connectivity index (χ1v) is 11.6. The Kier molecular flexibility index (Phi) is 6.97. The third-order valence-corrected chi connectivity index (χ3v) is 6.58. The molecule has 2 N–H and O–H groups in total. The van der Waals surface area contributed by atoms with Crippen LogP contribution in [0.3, 0.4) is 0 Å². The van der Waals surface area contributed by atoms with Gasteiger partial charge in [-0.25, -0.2) is 13.2 Å². The number of hydrogen-bond donors (Lipinski definition) is 2. The van der Waals surface area contributed by atoms with Gasteiger partial charge in [0, 0.05) is 18.8 Å². The van der Waals surface area contributed by atoms with Crippen LogP contribution < -0.4 is 20.5 Å². The van der Waals surface area contributed by atoms with Gasteiger partial charge in [-0.15, -0.1) is 0 Å². The maximum Gasteiger partial charge on any atom is 0.419 e. The molecule has 0 aliphatic heterocycles. The second kappa shape index (κ2) is 9.35. The van der Waals surface area contributed by atoms with Crippen LogP contribution in [0.15, 0.2) is 50.5 Å². The number of rotatable bonds is 8. The molecule has 0 saturated carbocycles. The van der Waals surface area contributed by atoms with Crippen LogP contribution in [0.1, 0.15) is 20.3 Å². The molecule has 0 aliphatic carbocycles. The average Bonchev–Trinajstić information content (AvgIpc) is 3.00. The second-order valence-electron chi connectivity index (χ2n) is 7.70. The number of carbonyl (C=O) groups is 1. The molecule has 1 heterocycles. The van der Waals surface area contributed by atoms with Crippen molar-refractivity contribution < 1.29 is 22.4 Å². The van der Waals surface area contributed by atoms with Crippen molar-refractivity contribution in [3.8, 4) is 5.75 Å². The Hall–Kier alpha value is -2.82. The van der Waals surface area contributed by atoms with Crippen LogP contribution in [0.2, 0.25) is 5.02 Å². The molecule has 0 radical (unpaired) electrons. The number of nitrogens with one attached hydrogen (secondary N) is 2. The molecule has 3 rings (SSSR count). The van der Waals surface area contributed by atoms with Gasteiger partial charge in [0.25, 0.3) is 0 Å². The van der Waals surface area contributed by atoms with Crippen molar-refractivity contribution in [3.05, 3.63) is 52.0 Å². The summed E-state index contributed by atoms with van der Waals surface area (Å²) in [5.74, 6) is -0.650. The first kappa shape index (κ1) is 23.8. The number of carbonyl (C=O) groups excluding carboxylic acids is 1. The number of fused-ring (bicyclic) bond motifs is 1. The summed E-state index contributed by atoms with van der Waals surface area (Å²) in [6, 6.07) is 7.77. The zero-order chi connectivity index (χ0) is 23.6. The zero-order valence-electron chi connectivity index (χ0n) is 18.0. The molecule has 0 spiro atoms. The highest BCUT2D eigenvalue weighted by Crippen LogP contribution is 2.27. The first-order valence-electron chi connectivity index (χ1n) is 9.78. The molecule has 1 atom stereocenters. The Morgan fingerprint density at radius 2 is 1.94 bits per heavy atom. The number of nitrogens with zero attached hydrogens (tertiary/aromatic N) is 1. The summed E-state index contributed by atoms with van der Waals surface area (Å²) in [6.07, 6.45) is 0.262. The monoisotopic (exact) mass is 481 g/mol. The Morgan fingerprint density at radius 3 is 2.56 bits per heavy atom. The largest absolute Gasteiger partial charge is 0.495 e. The van der Waals surface area contributed by atoms with Crippen LogP contribution in [0.4, 0.5) is 5.69 Å². The van der Waals surface area contributed by atoms with Crippen LogP contribution in [0.5, 0.6) is 5.75 Å². The van der Waals surface area contributed by atoms with E-state index in [1.807, 2.05) is 13.8 Å². The molecule has 0 aliphatic rings. The van der Waals surface area contributed by atoms with E-state index in [1.165, 1.54) is 43.0 Å². The van der Waals surface area contributed by atoms with Crippen molar-refractivity contribution in [3.63, 3.8) is 0 Å². The van der Waals surface area contributed by atoms with Gasteiger partial charge in [-0.05, 0) is 42.7 Å². The topological polar surface area (TPSA) is 120 Å². The highest BCUT2D eigenvalue weighted by atomic mass is 35.5. The predicted octanol–water partition coefficient (Wildman–Crippen LogP) is 3.13. The van der Waals surface area contributed by atoms with Crippen LogP contribution in [0, 0.1) is 5.92 Å². The van der Waals surface area contributed by atoms with Crippen LogP contribution in [0.25, 0.3) is 11.1 Å².